The summed E-state index contributed by atoms with van der Waals surface area (Å²) in [4.78, 5) is 16.5. The molecule has 9 aromatic rings. The van der Waals surface area contributed by atoms with Gasteiger partial charge in [-0.15, -0.1) is 0 Å². The lowest BCUT2D eigenvalue weighted by Crippen LogP contribution is -2.18. The van der Waals surface area contributed by atoms with E-state index < -0.39 is 149 Å². The molecule has 13 nitrogen and oxygen atoms in total. The minimum atomic E-state index is -2.02. The van der Waals surface area contributed by atoms with Gasteiger partial charge in [0.1, 0.15) is 35.7 Å². The number of benzene rings is 9. The first-order valence-electron chi connectivity index (χ1n) is 27.8. The zero-order valence-corrected chi connectivity index (χ0v) is 51.4. The molecule has 0 radical (unpaired) electrons. The van der Waals surface area contributed by atoms with E-state index in [0.717, 1.165) is 66.7 Å². The SMILES string of the molecule is [C-]#[N+]/C(C#N)=c1\cc/c(=C(/C#N)c2c(F)c(F)c([N+]#[C-])c(F)c2F)c(-c2cc(C#N)ccc2F)c1.[C-]#[N+]/C(C#N)=c1\cc/c(=C(/C#N)c2c(F)c(F)c([N+]#[C-])c(F)c2F)c(-c2ccc(C)c(F)c2)c1.[C-]#[N+]/C(C#N)=c1\cc/c(=C(/C#N)c2c(F)c(F)c([N+]#[C-])c(F)c2F)c(-c2ccc(C)cc2F)c1. The topological polar surface area (TPSA) is 193 Å². The Morgan fingerprint density at radius 2 is 0.660 bits per heavy atom. The lowest BCUT2D eigenvalue weighted by molar-refractivity contribution is 0.457. The lowest BCUT2D eigenvalue weighted by Gasteiger charge is -2.11. The maximum Gasteiger partial charge on any atom is 0.268 e. The summed E-state index contributed by atoms with van der Waals surface area (Å²) in [7, 11) is 0. The number of hydrogen-bond acceptors (Lipinski definition) is 7. The fourth-order valence-electron chi connectivity index (χ4n) is 9.84. The Kier molecular flexibility index (Phi) is 23.0. The fourth-order valence-corrected chi connectivity index (χ4v) is 9.84. The van der Waals surface area contributed by atoms with Crippen molar-refractivity contribution in [3.63, 3.8) is 0 Å². The van der Waals surface area contributed by atoms with Gasteiger partial charge in [-0.1, -0.05) is 78.9 Å². The molecule has 103 heavy (non-hydrogen) atoms. The van der Waals surface area contributed by atoms with E-state index in [1.165, 1.54) is 67.6 Å². The average molecular weight is 1390 g/mol. The molecule has 0 aliphatic heterocycles. The highest BCUT2D eigenvalue weighted by atomic mass is 19.2. The second-order valence-corrected chi connectivity index (χ2v) is 20.5. The molecule has 0 spiro atoms. The minimum Gasteiger partial charge on any atom is -0.232 e. The maximum atomic E-state index is 14.8. The molecule has 0 saturated carbocycles. The van der Waals surface area contributed by atoms with E-state index in [1.54, 1.807) is 31.2 Å². The number of rotatable bonds is 6. The third-order valence-corrected chi connectivity index (χ3v) is 14.8. The molecular weight excluding hydrogens is 1370 g/mol. The first-order chi connectivity index (χ1) is 49.1. The molecule has 494 valence electrons. The summed E-state index contributed by atoms with van der Waals surface area (Å²) < 4.78 is 218. The van der Waals surface area contributed by atoms with Crippen LogP contribution in [0.4, 0.5) is 82.9 Å². The first kappa shape index (κ1) is 74.9. The number of hydrogen-bond donors (Lipinski definition) is 0. The van der Waals surface area contributed by atoms with Gasteiger partial charge in [-0.25, -0.2) is 111 Å². The highest BCUT2D eigenvalue weighted by Crippen LogP contribution is 2.37. The monoisotopic (exact) mass is 1390 g/mol. The second kappa shape index (κ2) is 31.6. The van der Waals surface area contributed by atoms with Crippen LogP contribution in [-0.4, -0.2) is 0 Å². The number of aryl methyl sites for hydroxylation is 2. The Bertz CT molecular complexity index is 6160. The third kappa shape index (κ3) is 14.2. The average Bonchev–Trinajstić information content (AvgIpc) is 0.769. The minimum absolute atomic E-state index is 0.0233. The van der Waals surface area contributed by atoms with Crippen LogP contribution in [0.2, 0.25) is 0 Å². The van der Waals surface area contributed by atoms with Crippen LogP contribution < -0.4 is 31.3 Å². The number of halogens is 15. The van der Waals surface area contributed by atoms with Crippen LogP contribution in [0.1, 0.15) is 33.4 Å². The smallest absolute Gasteiger partial charge is 0.232 e. The van der Waals surface area contributed by atoms with Crippen molar-refractivity contribution >= 4 is 50.9 Å². The van der Waals surface area contributed by atoms with E-state index >= 15 is 0 Å². The van der Waals surface area contributed by atoms with Gasteiger partial charge >= 0.3 is 0 Å². The standard InChI is InChI=1S/C25H6F5N5.2C25H9F5N4/c1-34-19(11-33)13-4-5-14(15(8-13)16-7-12(9-31)3-6-18(16)26)17(10-32)20-21(27)23(29)25(35-2)24(30)22(20)28;1-12-4-6-15(18(26)8-12)16-9-13(19(11-32)33-2)5-7-14(16)17(10-31)20-21(27)23(29)25(34-3)24(30)22(20)28;1-12-4-5-13(9-18(12)26)16-8-14(19(11-32)33-2)6-7-15(16)17(10-31)20-21(27)23(29)25(34-3)24(30)22(20)28/h3-8H;2*4-9H,1H3/b2*17-14+,19-13+;17-15+,19-14+. The normalized spacial score (nSPS) is 12.0. The third-order valence-electron chi connectivity index (χ3n) is 14.8. The van der Waals surface area contributed by atoms with Crippen molar-refractivity contribution < 1.29 is 65.9 Å². The maximum absolute atomic E-state index is 14.8. The van der Waals surface area contributed by atoms with Crippen molar-refractivity contribution in [2.75, 3.05) is 0 Å². The highest BCUT2D eigenvalue weighted by molar-refractivity contribution is 5.87. The van der Waals surface area contributed by atoms with Crippen LogP contribution in [0.3, 0.4) is 0 Å². The summed E-state index contributed by atoms with van der Waals surface area (Å²) in [5.74, 6) is -26.2. The van der Waals surface area contributed by atoms with E-state index in [9.17, 15) is 103 Å². The van der Waals surface area contributed by atoms with Crippen molar-refractivity contribution in [3.8, 4) is 75.9 Å². The van der Waals surface area contributed by atoms with E-state index in [1.807, 2.05) is 0 Å². The predicted octanol–water partition coefficient (Wildman–Crippen LogP) is 15.1. The molecule has 0 heterocycles. The van der Waals surface area contributed by atoms with E-state index in [2.05, 4.69) is 29.1 Å². The summed E-state index contributed by atoms with van der Waals surface area (Å²) in [5, 5.41) is 64.9. The zero-order valence-electron chi connectivity index (χ0n) is 51.4. The van der Waals surface area contributed by atoms with E-state index in [4.69, 9.17) is 39.4 Å². The molecule has 9 aromatic carbocycles. The van der Waals surface area contributed by atoms with Crippen molar-refractivity contribution in [1.29, 1.82) is 36.8 Å². The molecule has 0 aliphatic carbocycles. The predicted molar refractivity (Wildman–Crippen MR) is 336 cm³/mol. The summed E-state index contributed by atoms with van der Waals surface area (Å²) in [6.45, 7) is 44.7. The largest absolute Gasteiger partial charge is 0.268 e. The van der Waals surface area contributed by atoms with Gasteiger partial charge in [0.2, 0.25) is 0 Å². The second-order valence-electron chi connectivity index (χ2n) is 20.5. The van der Waals surface area contributed by atoms with Crippen LogP contribution >= 0.6 is 0 Å². The lowest BCUT2D eigenvalue weighted by atomic mass is 9.94. The Morgan fingerprint density at radius 3 is 0.971 bits per heavy atom. The Labute approximate surface area is 570 Å². The zero-order chi connectivity index (χ0) is 76.2. The van der Waals surface area contributed by atoms with Gasteiger partial charge in [-0.05, 0) is 93.2 Å². The summed E-state index contributed by atoms with van der Waals surface area (Å²) >= 11 is 0. The highest BCUT2D eigenvalue weighted by Gasteiger charge is 2.32. The van der Waals surface area contributed by atoms with Gasteiger partial charge in [0.15, 0.2) is 69.8 Å². The number of nitrogens with zero attached hydrogens (tertiary/aromatic N) is 13. The van der Waals surface area contributed by atoms with Crippen molar-refractivity contribution in [2.45, 2.75) is 13.8 Å². The van der Waals surface area contributed by atoms with Gasteiger partial charge in [0, 0.05) is 26.8 Å². The number of nitriles is 7. The fraction of sp³-hybridized carbons (Fsp3) is 0.0267. The molecule has 0 aromatic heterocycles. The van der Waals surface area contributed by atoms with Gasteiger partial charge in [0.05, 0.1) is 103 Å². The van der Waals surface area contributed by atoms with Crippen LogP contribution in [-0.2, 0) is 0 Å². The summed E-state index contributed by atoms with van der Waals surface area (Å²) in [6, 6.07) is 32.3. The molecular formula is C75H24F15N13. The molecule has 9 rings (SSSR count). The van der Waals surface area contributed by atoms with Gasteiger partial charge in [0.25, 0.3) is 34.2 Å². The van der Waals surface area contributed by atoms with Crippen LogP contribution in [0, 0.1) is 220 Å². The van der Waals surface area contributed by atoms with Gasteiger partial charge in [-0.3, -0.25) is 0 Å². The summed E-state index contributed by atoms with van der Waals surface area (Å²) in [5.41, 5.74) is -12.7. The molecule has 0 fully saturated rings. The Hall–Kier alpha value is -15.5. The van der Waals surface area contributed by atoms with Crippen molar-refractivity contribution in [1.82, 2.24) is 0 Å². The molecule has 0 saturated heterocycles. The molecule has 0 amide bonds. The first-order valence-corrected chi connectivity index (χ1v) is 27.8. The van der Waals surface area contributed by atoms with E-state index in [0.29, 0.717) is 5.56 Å². The van der Waals surface area contributed by atoms with E-state index in [-0.39, 0.29) is 82.0 Å². The van der Waals surface area contributed by atoms with Gasteiger partial charge in [-0.2, -0.15) is 21.0 Å². The molecule has 28 heteroatoms. The molecule has 0 unspecified atom stereocenters. The molecule has 0 bridgehead atoms. The Morgan fingerprint density at radius 1 is 0.311 bits per heavy atom. The van der Waals surface area contributed by atoms with Crippen molar-refractivity contribution in [3.05, 3.63) is 330 Å². The quantitative estimate of drug-likeness (QED) is 0.0897. The van der Waals surface area contributed by atoms with Crippen LogP contribution in [0.25, 0.3) is 96.3 Å². The van der Waals surface area contributed by atoms with Crippen molar-refractivity contribution in [2.24, 2.45) is 0 Å². The summed E-state index contributed by atoms with van der Waals surface area (Å²) in [6.07, 6.45) is 0. The Balaban J connectivity index is 0.000000216. The molecule has 0 N–H and O–H groups in total. The van der Waals surface area contributed by atoms with Crippen LogP contribution in [0.5, 0.6) is 0 Å². The van der Waals surface area contributed by atoms with Gasteiger partial charge < -0.3 is 0 Å². The molecule has 0 aliphatic rings. The molecule has 0 atom stereocenters. The van der Waals surface area contributed by atoms with Crippen LogP contribution in [0.15, 0.2) is 109 Å².